The number of hydrogen-bond acceptors (Lipinski definition) is 4. The predicted molar refractivity (Wildman–Crippen MR) is 129 cm³/mol. The summed E-state index contributed by atoms with van der Waals surface area (Å²) in [4.78, 5) is 16.2. The van der Waals surface area contributed by atoms with E-state index in [1.807, 2.05) is 91.0 Å². The molecule has 4 rings (SSSR count). The molecule has 4 heteroatoms. The Labute approximate surface area is 188 Å². The van der Waals surface area contributed by atoms with Crippen molar-refractivity contribution in [3.63, 3.8) is 0 Å². The van der Waals surface area contributed by atoms with Gasteiger partial charge >= 0.3 is 0 Å². The molecule has 160 valence electrons. The van der Waals surface area contributed by atoms with E-state index >= 15 is 0 Å². The number of para-hydroxylation sites is 2. The molecule has 4 aromatic rings. The van der Waals surface area contributed by atoms with Gasteiger partial charge in [-0.15, -0.1) is 0 Å². The van der Waals surface area contributed by atoms with E-state index in [4.69, 9.17) is 9.47 Å². The fourth-order valence-electron chi connectivity index (χ4n) is 3.21. The molecule has 0 aliphatic carbocycles. The highest BCUT2D eigenvalue weighted by Gasteiger charge is 2.10. The van der Waals surface area contributed by atoms with Gasteiger partial charge in [-0.1, -0.05) is 66.7 Å². The minimum atomic E-state index is -0.474. The van der Waals surface area contributed by atoms with Crippen molar-refractivity contribution in [2.45, 2.75) is 26.6 Å². The molecule has 3 aromatic carbocycles. The normalized spacial score (nSPS) is 12.1. The maximum Gasteiger partial charge on any atom is 0.169 e. The van der Waals surface area contributed by atoms with Crippen LogP contribution in [0.5, 0.6) is 11.5 Å². The monoisotopic (exact) mass is 423 g/mol. The number of pyridine rings is 1. The molecule has 4 nitrogen and oxygen atoms in total. The summed E-state index contributed by atoms with van der Waals surface area (Å²) in [6, 6.07) is 27.7. The van der Waals surface area contributed by atoms with Gasteiger partial charge in [-0.05, 0) is 49.7 Å². The van der Waals surface area contributed by atoms with Crippen molar-refractivity contribution in [2.75, 3.05) is 0 Å². The smallest absolute Gasteiger partial charge is 0.169 e. The molecule has 0 saturated carbocycles. The van der Waals surface area contributed by atoms with Crippen LogP contribution < -0.4 is 9.47 Å². The standard InChI is InChI=1S/C28H25NO3/c1-20(30)21(2)32-28-10-6-4-8-24(28)14-11-22-12-17-26(18-13-22)31-19-25-16-15-23-7-3-5-9-27(23)29-25/h3-18,21H,19H2,1-2H3/b14-11+. The largest absolute Gasteiger partial charge is 0.487 e. The molecule has 32 heavy (non-hydrogen) atoms. The number of nitrogens with zero attached hydrogens (tertiary/aromatic N) is 1. The number of benzene rings is 3. The summed E-state index contributed by atoms with van der Waals surface area (Å²) < 4.78 is 11.7. The second-order valence-corrected chi connectivity index (χ2v) is 7.59. The molecule has 0 saturated heterocycles. The average molecular weight is 424 g/mol. The highest BCUT2D eigenvalue weighted by Crippen LogP contribution is 2.23. The summed E-state index contributed by atoms with van der Waals surface area (Å²) in [5.74, 6) is 1.48. The van der Waals surface area contributed by atoms with Crippen molar-refractivity contribution in [3.8, 4) is 11.5 Å². The molecule has 1 aromatic heterocycles. The number of ketones is 1. The number of carbonyl (C=O) groups excluding carboxylic acids is 1. The maximum absolute atomic E-state index is 11.5. The Morgan fingerprint density at radius 3 is 2.47 bits per heavy atom. The van der Waals surface area contributed by atoms with E-state index in [1.54, 1.807) is 6.92 Å². The van der Waals surface area contributed by atoms with Crippen LogP contribution in [0, 0.1) is 0 Å². The van der Waals surface area contributed by atoms with Crippen LogP contribution in [0.25, 0.3) is 23.1 Å². The third-order valence-electron chi connectivity index (χ3n) is 5.17. The SMILES string of the molecule is CC(=O)C(C)Oc1ccccc1/C=C/c1ccc(OCc2ccc3ccccc3n2)cc1. The van der Waals surface area contributed by atoms with E-state index in [0.717, 1.165) is 33.5 Å². The zero-order valence-electron chi connectivity index (χ0n) is 18.2. The molecule has 0 N–H and O–H groups in total. The number of ether oxygens (including phenoxy) is 2. The lowest BCUT2D eigenvalue weighted by Crippen LogP contribution is -2.20. The summed E-state index contributed by atoms with van der Waals surface area (Å²) in [6.45, 7) is 3.71. The van der Waals surface area contributed by atoms with Crippen molar-refractivity contribution in [2.24, 2.45) is 0 Å². The van der Waals surface area contributed by atoms with Crippen LogP contribution in [-0.4, -0.2) is 16.9 Å². The zero-order valence-corrected chi connectivity index (χ0v) is 18.2. The van der Waals surface area contributed by atoms with Gasteiger partial charge in [-0.25, -0.2) is 4.98 Å². The molecule has 0 fully saturated rings. The number of hydrogen-bond donors (Lipinski definition) is 0. The molecule has 0 spiro atoms. The summed E-state index contributed by atoms with van der Waals surface area (Å²) in [5.41, 5.74) is 3.82. The van der Waals surface area contributed by atoms with Crippen LogP contribution in [0.4, 0.5) is 0 Å². The second kappa shape index (κ2) is 9.92. The third-order valence-corrected chi connectivity index (χ3v) is 5.17. The van der Waals surface area contributed by atoms with E-state index in [2.05, 4.69) is 11.1 Å². The van der Waals surface area contributed by atoms with Crippen LogP contribution >= 0.6 is 0 Å². The molecule has 0 radical (unpaired) electrons. The van der Waals surface area contributed by atoms with Gasteiger partial charge in [0.2, 0.25) is 0 Å². The number of aromatic nitrogens is 1. The summed E-state index contributed by atoms with van der Waals surface area (Å²) in [5, 5.41) is 1.12. The highest BCUT2D eigenvalue weighted by atomic mass is 16.5. The van der Waals surface area contributed by atoms with Crippen LogP contribution in [0.3, 0.4) is 0 Å². The molecular formula is C28H25NO3. The van der Waals surface area contributed by atoms with E-state index < -0.39 is 6.10 Å². The van der Waals surface area contributed by atoms with Crippen LogP contribution in [0.1, 0.15) is 30.7 Å². The molecule has 0 aliphatic heterocycles. The van der Waals surface area contributed by atoms with Crippen LogP contribution in [0.2, 0.25) is 0 Å². The van der Waals surface area contributed by atoms with E-state index in [1.165, 1.54) is 6.92 Å². The average Bonchev–Trinajstić information content (AvgIpc) is 2.82. The fourth-order valence-corrected chi connectivity index (χ4v) is 3.21. The number of rotatable bonds is 8. The lowest BCUT2D eigenvalue weighted by molar-refractivity contribution is -0.122. The minimum Gasteiger partial charge on any atom is -0.487 e. The van der Waals surface area contributed by atoms with Crippen LogP contribution in [0.15, 0.2) is 84.9 Å². The molecule has 1 unspecified atom stereocenters. The van der Waals surface area contributed by atoms with Gasteiger partial charge in [0.05, 0.1) is 11.2 Å². The summed E-state index contributed by atoms with van der Waals surface area (Å²) in [6.07, 6.45) is 3.52. The van der Waals surface area contributed by atoms with Crippen molar-refractivity contribution in [1.82, 2.24) is 4.98 Å². The van der Waals surface area contributed by atoms with Gasteiger partial charge in [0.1, 0.15) is 18.1 Å². The summed E-state index contributed by atoms with van der Waals surface area (Å²) >= 11 is 0. The second-order valence-electron chi connectivity index (χ2n) is 7.59. The number of carbonyl (C=O) groups is 1. The third kappa shape index (κ3) is 5.41. The van der Waals surface area contributed by atoms with Crippen molar-refractivity contribution >= 4 is 28.8 Å². The van der Waals surface area contributed by atoms with Crippen molar-refractivity contribution in [3.05, 3.63) is 102 Å². The topological polar surface area (TPSA) is 48.4 Å². The quantitative estimate of drug-likeness (QED) is 0.310. The Kier molecular flexibility index (Phi) is 6.61. The first-order valence-corrected chi connectivity index (χ1v) is 10.6. The Bertz CT molecular complexity index is 1250. The molecule has 1 heterocycles. The van der Waals surface area contributed by atoms with E-state index in [0.29, 0.717) is 12.4 Å². The van der Waals surface area contributed by atoms with Crippen LogP contribution in [-0.2, 0) is 11.4 Å². The van der Waals surface area contributed by atoms with Gasteiger partial charge in [-0.3, -0.25) is 4.79 Å². The Morgan fingerprint density at radius 2 is 1.66 bits per heavy atom. The molecule has 1 atom stereocenters. The van der Waals surface area contributed by atoms with Crippen molar-refractivity contribution in [1.29, 1.82) is 0 Å². The molecular weight excluding hydrogens is 398 g/mol. The maximum atomic E-state index is 11.5. The van der Waals surface area contributed by atoms with Gasteiger partial charge in [-0.2, -0.15) is 0 Å². The van der Waals surface area contributed by atoms with Gasteiger partial charge in [0, 0.05) is 10.9 Å². The highest BCUT2D eigenvalue weighted by molar-refractivity contribution is 5.81. The lowest BCUT2D eigenvalue weighted by atomic mass is 10.1. The Morgan fingerprint density at radius 1 is 0.906 bits per heavy atom. The first-order chi connectivity index (χ1) is 15.6. The Balaban J connectivity index is 1.39. The van der Waals surface area contributed by atoms with Crippen molar-refractivity contribution < 1.29 is 14.3 Å². The predicted octanol–water partition coefficient (Wildman–Crippen LogP) is 6.34. The minimum absolute atomic E-state index is 0.00161. The van der Waals surface area contributed by atoms with Gasteiger partial charge < -0.3 is 9.47 Å². The van der Waals surface area contributed by atoms with E-state index in [-0.39, 0.29) is 5.78 Å². The number of Topliss-reactive ketones (excluding diaryl/α,β-unsaturated/α-hetero) is 1. The zero-order chi connectivity index (χ0) is 22.3. The fraction of sp³-hybridized carbons (Fsp3) is 0.143. The van der Waals surface area contributed by atoms with Gasteiger partial charge in [0.15, 0.2) is 11.9 Å². The molecule has 0 aliphatic rings. The molecule has 0 bridgehead atoms. The number of fused-ring (bicyclic) bond motifs is 1. The first kappa shape index (κ1) is 21.3. The van der Waals surface area contributed by atoms with E-state index in [9.17, 15) is 4.79 Å². The molecule has 0 amide bonds. The van der Waals surface area contributed by atoms with Gasteiger partial charge in [0.25, 0.3) is 0 Å². The Hall–Kier alpha value is -3.92. The first-order valence-electron chi connectivity index (χ1n) is 10.6. The summed E-state index contributed by atoms with van der Waals surface area (Å²) in [7, 11) is 0. The lowest BCUT2D eigenvalue weighted by Gasteiger charge is -2.13.